The Morgan fingerprint density at radius 2 is 1.77 bits per heavy atom. The van der Waals surface area contributed by atoms with Gasteiger partial charge in [-0.05, 0) is 12.2 Å². The van der Waals surface area contributed by atoms with E-state index in [0.717, 1.165) is 6.04 Å². The fraction of sp³-hybridized carbons (Fsp3) is 0. The summed E-state index contributed by atoms with van der Waals surface area (Å²) in [6, 6.07) is 11.4. The molecule has 2 heteroatoms. The largest absolute Gasteiger partial charge is 0.402 e. The average Bonchev–Trinajstić information content (AvgIpc) is 2.21. The van der Waals surface area contributed by atoms with Crippen LogP contribution in [0.1, 0.15) is 5.56 Å². The Kier molecular flexibility index (Phi) is 3.81. The molecule has 0 aromatic heterocycles. The van der Waals surface area contributed by atoms with Gasteiger partial charge in [-0.1, -0.05) is 12.1 Å². The van der Waals surface area contributed by atoms with Crippen molar-refractivity contribution >= 4 is 0 Å². The number of hydrogen-bond donors (Lipinski definition) is 1. The minimum atomic E-state index is 0. The SMILES string of the molecule is C1=CN[C-](c2ccccc2)C=C1.[Ir]. The molecule has 0 unspecified atom stereocenters. The van der Waals surface area contributed by atoms with E-state index in [0.29, 0.717) is 0 Å². The third kappa shape index (κ3) is 2.48. The Morgan fingerprint density at radius 3 is 2.38 bits per heavy atom. The van der Waals surface area contributed by atoms with E-state index in [2.05, 4.69) is 23.5 Å². The molecule has 1 N–H and O–H groups in total. The number of nitrogens with one attached hydrogen (secondary N) is 1. The molecule has 1 radical (unpaired) electrons. The molecule has 0 atom stereocenters. The minimum Gasteiger partial charge on any atom is -0.402 e. The molecule has 0 saturated heterocycles. The van der Waals surface area contributed by atoms with Gasteiger partial charge in [-0.25, -0.2) is 0 Å². The van der Waals surface area contributed by atoms with Gasteiger partial charge in [-0.15, -0.1) is 42.0 Å². The molecule has 0 saturated carbocycles. The molecule has 13 heavy (non-hydrogen) atoms. The molecule has 0 bridgehead atoms. The molecule has 0 amide bonds. The molecule has 1 aliphatic heterocycles. The van der Waals surface area contributed by atoms with Gasteiger partial charge in [0, 0.05) is 20.1 Å². The number of allylic oxidation sites excluding steroid dienone is 2. The summed E-state index contributed by atoms with van der Waals surface area (Å²) in [4.78, 5) is 0. The van der Waals surface area contributed by atoms with E-state index in [1.807, 2.05) is 36.6 Å². The smallest absolute Gasteiger partial charge is 0 e. The van der Waals surface area contributed by atoms with Crippen LogP contribution in [0.15, 0.2) is 54.8 Å². The van der Waals surface area contributed by atoms with Crippen LogP contribution < -0.4 is 5.32 Å². The van der Waals surface area contributed by atoms with Crippen LogP contribution in [0.2, 0.25) is 0 Å². The maximum Gasteiger partial charge on any atom is 0 e. The summed E-state index contributed by atoms with van der Waals surface area (Å²) in [5.41, 5.74) is 1.22. The molecule has 0 spiro atoms. The van der Waals surface area contributed by atoms with Gasteiger partial charge < -0.3 is 5.32 Å². The Bertz CT molecular complexity index is 303. The van der Waals surface area contributed by atoms with E-state index >= 15 is 0 Å². The Balaban J connectivity index is 0.000000845. The normalized spacial score (nSPS) is 13.4. The zero-order chi connectivity index (χ0) is 8.23. The number of rotatable bonds is 1. The van der Waals surface area contributed by atoms with E-state index in [1.54, 1.807) is 0 Å². The van der Waals surface area contributed by atoms with Gasteiger partial charge in [0.1, 0.15) is 0 Å². The maximum atomic E-state index is 3.18. The number of hydrogen-bond acceptors (Lipinski definition) is 1. The fourth-order valence-corrected chi connectivity index (χ4v) is 1.19. The summed E-state index contributed by atoms with van der Waals surface area (Å²) in [6.07, 6.45) is 8.00. The van der Waals surface area contributed by atoms with Crippen LogP contribution in [0, 0.1) is 6.04 Å². The van der Waals surface area contributed by atoms with E-state index in [1.165, 1.54) is 5.56 Å². The molecular weight excluding hydrogens is 338 g/mol. The Hall–Kier alpha value is -0.981. The summed E-state index contributed by atoms with van der Waals surface area (Å²) >= 11 is 0. The van der Waals surface area contributed by atoms with Crippen LogP contribution in [0.5, 0.6) is 0 Å². The molecule has 1 aliphatic rings. The van der Waals surface area contributed by atoms with Crippen LogP contribution >= 0.6 is 0 Å². The summed E-state index contributed by atoms with van der Waals surface area (Å²) in [6.45, 7) is 0. The van der Waals surface area contributed by atoms with E-state index in [-0.39, 0.29) is 20.1 Å². The van der Waals surface area contributed by atoms with Crippen LogP contribution in [0.25, 0.3) is 0 Å². The van der Waals surface area contributed by atoms with Crippen LogP contribution in [0.3, 0.4) is 0 Å². The zero-order valence-corrected chi connectivity index (χ0v) is 9.42. The predicted molar refractivity (Wildman–Crippen MR) is 50.2 cm³/mol. The van der Waals surface area contributed by atoms with Crippen molar-refractivity contribution in [2.45, 2.75) is 0 Å². The maximum absolute atomic E-state index is 3.18. The van der Waals surface area contributed by atoms with Crippen molar-refractivity contribution in [1.29, 1.82) is 0 Å². The van der Waals surface area contributed by atoms with Crippen molar-refractivity contribution in [2.24, 2.45) is 0 Å². The van der Waals surface area contributed by atoms with Gasteiger partial charge in [0.25, 0.3) is 0 Å². The van der Waals surface area contributed by atoms with Crippen molar-refractivity contribution in [3.63, 3.8) is 0 Å². The molecule has 0 aliphatic carbocycles. The van der Waals surface area contributed by atoms with Gasteiger partial charge in [-0.3, -0.25) is 0 Å². The van der Waals surface area contributed by atoms with Gasteiger partial charge in [0.2, 0.25) is 0 Å². The van der Waals surface area contributed by atoms with Gasteiger partial charge >= 0.3 is 0 Å². The van der Waals surface area contributed by atoms with Crippen LogP contribution in [-0.4, -0.2) is 0 Å². The molecule has 69 valence electrons. The van der Waals surface area contributed by atoms with Gasteiger partial charge in [0.05, 0.1) is 0 Å². The molecule has 1 nitrogen and oxygen atoms in total. The van der Waals surface area contributed by atoms with Gasteiger partial charge in [-0.2, -0.15) is 0 Å². The van der Waals surface area contributed by atoms with E-state index in [4.69, 9.17) is 0 Å². The second-order valence-corrected chi connectivity index (χ2v) is 2.64. The summed E-state index contributed by atoms with van der Waals surface area (Å²) in [7, 11) is 0. The number of dihydropyridines is 1. The zero-order valence-electron chi connectivity index (χ0n) is 7.03. The monoisotopic (exact) mass is 349 g/mol. The second-order valence-electron chi connectivity index (χ2n) is 2.64. The molecule has 1 heterocycles. The van der Waals surface area contributed by atoms with Crippen LogP contribution in [0.4, 0.5) is 0 Å². The third-order valence-corrected chi connectivity index (χ3v) is 1.79. The molecule has 1 aromatic carbocycles. The minimum absolute atomic E-state index is 0. The summed E-state index contributed by atoms with van der Waals surface area (Å²) in [5.74, 6) is 0. The molecule has 2 rings (SSSR count). The van der Waals surface area contributed by atoms with Crippen molar-refractivity contribution in [3.05, 3.63) is 66.4 Å². The first-order valence-corrected chi connectivity index (χ1v) is 3.99. The molecule has 1 aromatic rings. The van der Waals surface area contributed by atoms with Gasteiger partial charge in [0.15, 0.2) is 0 Å². The van der Waals surface area contributed by atoms with E-state index in [9.17, 15) is 0 Å². The van der Waals surface area contributed by atoms with E-state index < -0.39 is 0 Å². The molecular formula is C11H10IrN-. The van der Waals surface area contributed by atoms with Crippen molar-refractivity contribution in [3.8, 4) is 0 Å². The van der Waals surface area contributed by atoms with Crippen molar-refractivity contribution in [2.75, 3.05) is 0 Å². The second kappa shape index (κ2) is 4.90. The Labute approximate surface area is 91.9 Å². The molecule has 0 fully saturated rings. The fourth-order valence-electron chi connectivity index (χ4n) is 1.19. The standard InChI is InChI=1S/C11H10N.Ir/c1-2-6-10(7-3-1)11-8-4-5-9-12-11;/h1-9,12H;/q-1;. The Morgan fingerprint density at radius 1 is 1.00 bits per heavy atom. The van der Waals surface area contributed by atoms with Crippen LogP contribution in [-0.2, 0) is 20.1 Å². The first-order valence-electron chi connectivity index (χ1n) is 3.99. The third-order valence-electron chi connectivity index (χ3n) is 1.79. The van der Waals surface area contributed by atoms with Crippen molar-refractivity contribution < 1.29 is 20.1 Å². The first kappa shape index (κ1) is 10.1. The average molecular weight is 348 g/mol. The predicted octanol–water partition coefficient (Wildman–Crippen LogP) is 2.24. The topological polar surface area (TPSA) is 12.0 Å². The number of benzene rings is 1. The first-order chi connectivity index (χ1) is 5.97. The summed E-state index contributed by atoms with van der Waals surface area (Å²) in [5, 5.41) is 3.18. The summed E-state index contributed by atoms with van der Waals surface area (Å²) < 4.78 is 0. The van der Waals surface area contributed by atoms with Crippen molar-refractivity contribution in [1.82, 2.24) is 5.32 Å². The quantitative estimate of drug-likeness (QED) is 0.768.